The van der Waals surface area contributed by atoms with Crippen LogP contribution in [0.1, 0.15) is 11.5 Å². The molecule has 0 aliphatic rings. The molecule has 26 heavy (non-hydrogen) atoms. The molecule has 0 unspecified atom stereocenters. The third-order valence-corrected chi connectivity index (χ3v) is 3.80. The molecule has 1 aromatic heterocycles. The van der Waals surface area contributed by atoms with E-state index in [-0.39, 0.29) is 6.61 Å². The fraction of sp³-hybridized carbons (Fsp3) is 0.100. The van der Waals surface area contributed by atoms with Crippen LogP contribution in [0.25, 0.3) is 17.4 Å². The van der Waals surface area contributed by atoms with E-state index in [4.69, 9.17) is 25.5 Å². The van der Waals surface area contributed by atoms with E-state index in [1.165, 1.54) is 6.08 Å². The summed E-state index contributed by atoms with van der Waals surface area (Å²) in [6.07, 6.45) is 4.60. The van der Waals surface area contributed by atoms with Crippen molar-refractivity contribution in [1.82, 2.24) is 4.98 Å². The van der Waals surface area contributed by atoms with Crippen molar-refractivity contribution in [3.63, 3.8) is 0 Å². The van der Waals surface area contributed by atoms with Crippen LogP contribution in [-0.4, -0.2) is 18.1 Å². The first-order valence-electron chi connectivity index (χ1n) is 7.83. The van der Waals surface area contributed by atoms with E-state index in [9.17, 15) is 4.79 Å². The Kier molecular flexibility index (Phi) is 5.71. The van der Waals surface area contributed by atoms with Crippen LogP contribution in [0.5, 0.6) is 5.75 Å². The summed E-state index contributed by atoms with van der Waals surface area (Å²) in [7, 11) is 1.60. The zero-order valence-corrected chi connectivity index (χ0v) is 14.8. The third kappa shape index (κ3) is 4.74. The van der Waals surface area contributed by atoms with Crippen LogP contribution in [0.2, 0.25) is 5.02 Å². The van der Waals surface area contributed by atoms with Gasteiger partial charge in [-0.25, -0.2) is 9.78 Å². The molecule has 1 heterocycles. The number of oxazole rings is 1. The fourth-order valence-corrected chi connectivity index (χ4v) is 2.31. The Hall–Kier alpha value is -3.05. The fourth-order valence-electron chi connectivity index (χ4n) is 2.18. The van der Waals surface area contributed by atoms with Crippen molar-refractivity contribution >= 4 is 23.6 Å². The number of methoxy groups -OCH3 is 1. The molecule has 0 bridgehead atoms. The van der Waals surface area contributed by atoms with Gasteiger partial charge in [-0.3, -0.25) is 0 Å². The molecule has 0 fully saturated rings. The van der Waals surface area contributed by atoms with Gasteiger partial charge in [-0.15, -0.1) is 0 Å². The molecule has 132 valence electrons. The van der Waals surface area contributed by atoms with Crippen molar-refractivity contribution in [2.24, 2.45) is 0 Å². The lowest BCUT2D eigenvalue weighted by Gasteiger charge is -2.00. The van der Waals surface area contributed by atoms with Crippen LogP contribution in [-0.2, 0) is 16.1 Å². The highest BCUT2D eigenvalue weighted by Gasteiger charge is 2.08. The van der Waals surface area contributed by atoms with E-state index in [1.807, 2.05) is 36.4 Å². The SMILES string of the molecule is COc1ccc(/C=C/C(=O)OCc2ncc(-c3ccc(Cl)cc3)o2)cc1. The van der Waals surface area contributed by atoms with Crippen LogP contribution in [0.15, 0.2) is 65.2 Å². The summed E-state index contributed by atoms with van der Waals surface area (Å²) in [6, 6.07) is 14.5. The molecule has 0 aliphatic carbocycles. The number of nitrogens with zero attached hydrogens (tertiary/aromatic N) is 1. The summed E-state index contributed by atoms with van der Waals surface area (Å²) in [6.45, 7) is -0.0423. The van der Waals surface area contributed by atoms with Crippen LogP contribution in [0.4, 0.5) is 0 Å². The molecule has 6 heteroatoms. The van der Waals surface area contributed by atoms with Crippen LogP contribution in [0, 0.1) is 0 Å². The van der Waals surface area contributed by atoms with E-state index in [1.54, 1.807) is 31.5 Å². The lowest BCUT2D eigenvalue weighted by molar-refractivity contribution is -0.139. The molecule has 0 N–H and O–H groups in total. The first kappa shape index (κ1) is 17.8. The molecule has 0 amide bonds. The minimum atomic E-state index is -0.480. The van der Waals surface area contributed by atoms with Crippen LogP contribution < -0.4 is 4.74 Å². The number of rotatable bonds is 6. The van der Waals surface area contributed by atoms with E-state index < -0.39 is 5.97 Å². The summed E-state index contributed by atoms with van der Waals surface area (Å²) >= 11 is 5.86. The Morgan fingerprint density at radius 1 is 1.15 bits per heavy atom. The summed E-state index contributed by atoms with van der Waals surface area (Å²) < 4.78 is 15.8. The summed E-state index contributed by atoms with van der Waals surface area (Å²) in [5.74, 6) is 1.18. The van der Waals surface area contributed by atoms with Gasteiger partial charge in [0.25, 0.3) is 0 Å². The predicted octanol–water partition coefficient (Wildman–Crippen LogP) is 4.76. The second-order valence-electron chi connectivity index (χ2n) is 5.34. The molecule has 5 nitrogen and oxygen atoms in total. The molecule has 3 rings (SSSR count). The van der Waals surface area contributed by atoms with E-state index >= 15 is 0 Å². The van der Waals surface area contributed by atoms with Gasteiger partial charge >= 0.3 is 5.97 Å². The van der Waals surface area contributed by atoms with Gasteiger partial charge in [-0.1, -0.05) is 23.7 Å². The Bertz CT molecular complexity index is 898. The Morgan fingerprint density at radius 2 is 1.88 bits per heavy atom. The summed E-state index contributed by atoms with van der Waals surface area (Å²) in [4.78, 5) is 15.9. The van der Waals surface area contributed by atoms with Crippen molar-refractivity contribution in [1.29, 1.82) is 0 Å². The van der Waals surface area contributed by atoms with Crippen molar-refractivity contribution in [3.8, 4) is 17.1 Å². The number of carbonyl (C=O) groups is 1. The maximum Gasteiger partial charge on any atom is 0.331 e. The van der Waals surface area contributed by atoms with Gasteiger partial charge in [0.1, 0.15) is 5.75 Å². The molecule has 3 aromatic rings. The number of halogens is 1. The number of aromatic nitrogens is 1. The van der Waals surface area contributed by atoms with Crippen LogP contribution >= 0.6 is 11.6 Å². The number of ether oxygens (including phenoxy) is 2. The second-order valence-corrected chi connectivity index (χ2v) is 5.78. The molecule has 0 atom stereocenters. The van der Waals surface area contributed by atoms with Crippen molar-refractivity contribution in [3.05, 3.63) is 77.3 Å². The molecule has 0 saturated carbocycles. The smallest absolute Gasteiger partial charge is 0.331 e. The molecular weight excluding hydrogens is 354 g/mol. The van der Waals surface area contributed by atoms with Gasteiger partial charge in [0, 0.05) is 16.7 Å². The Morgan fingerprint density at radius 3 is 2.58 bits per heavy atom. The highest BCUT2D eigenvalue weighted by molar-refractivity contribution is 6.30. The largest absolute Gasteiger partial charge is 0.497 e. The average molecular weight is 370 g/mol. The first-order valence-corrected chi connectivity index (χ1v) is 8.21. The minimum absolute atomic E-state index is 0.0423. The molecule has 2 aromatic carbocycles. The number of hydrogen-bond acceptors (Lipinski definition) is 5. The quantitative estimate of drug-likeness (QED) is 0.463. The first-order chi connectivity index (χ1) is 12.6. The van der Waals surface area contributed by atoms with E-state index in [0.29, 0.717) is 16.7 Å². The maximum absolute atomic E-state index is 11.8. The van der Waals surface area contributed by atoms with Gasteiger partial charge < -0.3 is 13.9 Å². The summed E-state index contributed by atoms with van der Waals surface area (Å²) in [5.41, 5.74) is 1.71. The normalized spacial score (nSPS) is 10.8. The maximum atomic E-state index is 11.8. The summed E-state index contributed by atoms with van der Waals surface area (Å²) in [5, 5.41) is 0.645. The lowest BCUT2D eigenvalue weighted by Crippen LogP contribution is -2.00. The highest BCUT2D eigenvalue weighted by Crippen LogP contribution is 2.22. The van der Waals surface area contributed by atoms with Gasteiger partial charge in [0.05, 0.1) is 13.3 Å². The van der Waals surface area contributed by atoms with Gasteiger partial charge in [0.15, 0.2) is 12.4 Å². The number of hydrogen-bond donors (Lipinski definition) is 0. The molecular formula is C20H16ClNO4. The third-order valence-electron chi connectivity index (χ3n) is 3.55. The van der Waals surface area contributed by atoms with Crippen LogP contribution in [0.3, 0.4) is 0 Å². The highest BCUT2D eigenvalue weighted by atomic mass is 35.5. The average Bonchev–Trinajstić information content (AvgIpc) is 3.14. The van der Waals surface area contributed by atoms with Gasteiger partial charge in [-0.2, -0.15) is 0 Å². The predicted molar refractivity (Wildman–Crippen MR) is 98.8 cm³/mol. The lowest BCUT2D eigenvalue weighted by atomic mass is 10.2. The molecule has 0 spiro atoms. The van der Waals surface area contributed by atoms with Crippen molar-refractivity contribution < 1.29 is 18.7 Å². The Balaban J connectivity index is 1.54. The molecule has 0 radical (unpaired) electrons. The zero-order valence-electron chi connectivity index (χ0n) is 14.0. The van der Waals surface area contributed by atoms with Crippen molar-refractivity contribution in [2.45, 2.75) is 6.61 Å². The number of benzene rings is 2. The standard InChI is InChI=1S/C20H16ClNO4/c1-24-17-9-2-14(3-10-17)4-11-20(23)25-13-19-22-12-18(26-19)15-5-7-16(21)8-6-15/h2-12H,13H2,1H3/b11-4+. The molecule has 0 aliphatic heterocycles. The zero-order chi connectivity index (χ0) is 18.4. The van der Waals surface area contributed by atoms with Gasteiger partial charge in [0.2, 0.25) is 5.89 Å². The van der Waals surface area contributed by atoms with Gasteiger partial charge in [-0.05, 0) is 48.0 Å². The van der Waals surface area contributed by atoms with E-state index in [2.05, 4.69) is 4.98 Å². The molecule has 0 saturated heterocycles. The number of carbonyl (C=O) groups excluding carboxylic acids is 1. The van der Waals surface area contributed by atoms with E-state index in [0.717, 1.165) is 16.9 Å². The second kappa shape index (κ2) is 8.36. The number of esters is 1. The monoisotopic (exact) mass is 369 g/mol. The Labute approximate surface area is 155 Å². The van der Waals surface area contributed by atoms with Crippen molar-refractivity contribution in [2.75, 3.05) is 7.11 Å². The minimum Gasteiger partial charge on any atom is -0.497 e. The topological polar surface area (TPSA) is 61.6 Å².